The molecule has 1 aromatic rings. The number of rotatable bonds is 5. The Morgan fingerprint density at radius 1 is 1.69 bits per heavy atom. The van der Waals surface area contributed by atoms with E-state index in [1.54, 1.807) is 6.26 Å². The van der Waals surface area contributed by atoms with E-state index in [1.807, 2.05) is 6.07 Å². The second-order valence-corrected chi connectivity index (χ2v) is 6.19. The largest absolute Gasteiger partial charge is 0.466 e. The molecule has 1 fully saturated rings. The Labute approximate surface area is 110 Å². The van der Waals surface area contributed by atoms with Crippen LogP contribution >= 0.6 is 27.7 Å². The van der Waals surface area contributed by atoms with Crippen LogP contribution in [0.1, 0.15) is 31.6 Å². The van der Waals surface area contributed by atoms with Gasteiger partial charge in [0.1, 0.15) is 5.76 Å². The molecule has 0 aliphatic carbocycles. The maximum Gasteiger partial charge on any atom is 0.135 e. The molecule has 2 heterocycles. The Hall–Kier alpha value is 0.0700. The van der Waals surface area contributed by atoms with Gasteiger partial charge in [0.25, 0.3) is 0 Å². The fourth-order valence-electron chi connectivity index (χ4n) is 2.12. The summed E-state index contributed by atoms with van der Waals surface area (Å²) in [7, 11) is 0. The topological polar surface area (TPSA) is 25.2 Å². The highest BCUT2D eigenvalue weighted by molar-refractivity contribution is 9.10. The molecule has 16 heavy (non-hydrogen) atoms. The van der Waals surface area contributed by atoms with Crippen LogP contribution in [-0.4, -0.2) is 18.1 Å². The second kappa shape index (κ2) is 6.12. The summed E-state index contributed by atoms with van der Waals surface area (Å²) in [6.07, 6.45) is 4.22. The molecule has 2 unspecified atom stereocenters. The van der Waals surface area contributed by atoms with Crippen molar-refractivity contribution in [2.75, 3.05) is 18.1 Å². The second-order valence-electron chi connectivity index (χ2n) is 4.19. The Kier molecular flexibility index (Phi) is 4.79. The molecule has 0 radical (unpaired) electrons. The van der Waals surface area contributed by atoms with Gasteiger partial charge in [0.05, 0.1) is 16.8 Å². The van der Waals surface area contributed by atoms with Crippen LogP contribution in [0.15, 0.2) is 21.2 Å². The first-order valence-electron chi connectivity index (χ1n) is 5.87. The van der Waals surface area contributed by atoms with Crippen LogP contribution in [0.25, 0.3) is 0 Å². The molecule has 90 valence electrons. The minimum absolute atomic E-state index is 0.374. The van der Waals surface area contributed by atoms with Crippen LogP contribution in [0, 0.1) is 5.92 Å². The van der Waals surface area contributed by atoms with Gasteiger partial charge in [0, 0.05) is 0 Å². The molecule has 1 aromatic heterocycles. The summed E-state index contributed by atoms with van der Waals surface area (Å²) in [4.78, 5) is 0. The van der Waals surface area contributed by atoms with Crippen LogP contribution in [0.4, 0.5) is 0 Å². The molecular weight excluding hydrogens is 286 g/mol. The summed E-state index contributed by atoms with van der Waals surface area (Å²) < 4.78 is 6.71. The minimum Gasteiger partial charge on any atom is -0.466 e. The first-order chi connectivity index (χ1) is 7.83. The smallest absolute Gasteiger partial charge is 0.135 e. The van der Waals surface area contributed by atoms with Crippen LogP contribution in [0.2, 0.25) is 0 Å². The number of halogens is 1. The third-order valence-electron chi connectivity index (χ3n) is 2.98. The lowest BCUT2D eigenvalue weighted by atomic mass is 9.97. The van der Waals surface area contributed by atoms with Crippen LogP contribution < -0.4 is 5.32 Å². The lowest BCUT2D eigenvalue weighted by molar-refractivity contribution is 0.329. The van der Waals surface area contributed by atoms with Crippen LogP contribution in [0.5, 0.6) is 0 Å². The molecule has 0 amide bonds. The van der Waals surface area contributed by atoms with Gasteiger partial charge < -0.3 is 9.73 Å². The minimum atomic E-state index is 0.374. The van der Waals surface area contributed by atoms with Gasteiger partial charge in [-0.2, -0.15) is 11.8 Å². The summed E-state index contributed by atoms with van der Waals surface area (Å²) in [5.74, 6) is 4.31. The van der Waals surface area contributed by atoms with Crippen LogP contribution in [0.3, 0.4) is 0 Å². The average Bonchev–Trinajstić information content (AvgIpc) is 2.91. The van der Waals surface area contributed by atoms with Crippen molar-refractivity contribution in [3.63, 3.8) is 0 Å². The normalized spacial score (nSPS) is 22.5. The van der Waals surface area contributed by atoms with Crippen molar-refractivity contribution in [2.24, 2.45) is 5.92 Å². The predicted molar refractivity (Wildman–Crippen MR) is 72.9 cm³/mol. The van der Waals surface area contributed by atoms with Crippen molar-refractivity contribution in [1.82, 2.24) is 5.32 Å². The van der Waals surface area contributed by atoms with Gasteiger partial charge in [0.2, 0.25) is 0 Å². The lowest BCUT2D eigenvalue weighted by Crippen LogP contribution is -2.29. The highest BCUT2D eigenvalue weighted by atomic mass is 79.9. The Bertz CT molecular complexity index is 323. The molecule has 1 N–H and O–H groups in total. The van der Waals surface area contributed by atoms with E-state index in [0.29, 0.717) is 12.0 Å². The third-order valence-corrected chi connectivity index (χ3v) is 4.82. The molecule has 1 aliphatic rings. The van der Waals surface area contributed by atoms with Crippen molar-refractivity contribution in [3.8, 4) is 0 Å². The van der Waals surface area contributed by atoms with Gasteiger partial charge in [-0.1, -0.05) is 6.92 Å². The van der Waals surface area contributed by atoms with Gasteiger partial charge in [-0.05, 0) is 58.8 Å². The van der Waals surface area contributed by atoms with Crippen molar-refractivity contribution in [3.05, 3.63) is 22.6 Å². The van der Waals surface area contributed by atoms with E-state index in [2.05, 4.69) is 39.9 Å². The fraction of sp³-hybridized carbons (Fsp3) is 0.667. The number of hydrogen-bond donors (Lipinski definition) is 1. The van der Waals surface area contributed by atoms with Gasteiger partial charge in [-0.25, -0.2) is 0 Å². The number of furan rings is 1. The zero-order valence-corrected chi connectivity index (χ0v) is 11.9. The molecule has 0 spiro atoms. The predicted octanol–water partition coefficient (Wildman–Crippen LogP) is 3.84. The molecule has 2 nitrogen and oxygen atoms in total. The van der Waals surface area contributed by atoms with Gasteiger partial charge in [-0.3, -0.25) is 0 Å². The van der Waals surface area contributed by atoms with E-state index < -0.39 is 0 Å². The summed E-state index contributed by atoms with van der Waals surface area (Å²) in [6.45, 7) is 3.25. The monoisotopic (exact) mass is 303 g/mol. The highest BCUT2D eigenvalue weighted by Crippen LogP contribution is 2.37. The van der Waals surface area contributed by atoms with E-state index in [0.717, 1.165) is 23.2 Å². The zero-order valence-electron chi connectivity index (χ0n) is 9.54. The SMILES string of the molecule is CCCNC(c1occc1Br)C1CCSC1. The summed E-state index contributed by atoms with van der Waals surface area (Å²) >= 11 is 5.62. The Morgan fingerprint density at radius 2 is 2.56 bits per heavy atom. The standard InChI is InChI=1S/C12H18BrNOS/c1-2-5-14-11(9-4-7-16-8-9)12-10(13)3-6-15-12/h3,6,9,11,14H,2,4-5,7-8H2,1H3. The third kappa shape index (κ3) is 2.84. The van der Waals surface area contributed by atoms with E-state index in [1.165, 1.54) is 17.9 Å². The summed E-state index contributed by atoms with van der Waals surface area (Å²) in [5, 5.41) is 3.62. The molecule has 1 aliphatic heterocycles. The van der Waals surface area contributed by atoms with Crippen molar-refractivity contribution >= 4 is 27.7 Å². The van der Waals surface area contributed by atoms with Crippen molar-refractivity contribution < 1.29 is 4.42 Å². The van der Waals surface area contributed by atoms with E-state index in [9.17, 15) is 0 Å². The van der Waals surface area contributed by atoms with Crippen molar-refractivity contribution in [2.45, 2.75) is 25.8 Å². The molecule has 0 aromatic carbocycles. The zero-order chi connectivity index (χ0) is 11.4. The highest BCUT2D eigenvalue weighted by Gasteiger charge is 2.29. The van der Waals surface area contributed by atoms with Crippen LogP contribution in [-0.2, 0) is 0 Å². The quantitative estimate of drug-likeness (QED) is 0.895. The van der Waals surface area contributed by atoms with Gasteiger partial charge in [-0.15, -0.1) is 0 Å². The molecule has 1 saturated heterocycles. The first kappa shape index (κ1) is 12.5. The number of nitrogens with one attached hydrogen (secondary N) is 1. The van der Waals surface area contributed by atoms with E-state index >= 15 is 0 Å². The summed E-state index contributed by atoms with van der Waals surface area (Å²) in [6, 6.07) is 2.36. The first-order valence-corrected chi connectivity index (χ1v) is 7.81. The Balaban J connectivity index is 2.10. The average molecular weight is 304 g/mol. The molecule has 0 saturated carbocycles. The number of thioether (sulfide) groups is 1. The Morgan fingerprint density at radius 3 is 3.12 bits per heavy atom. The van der Waals surface area contributed by atoms with Gasteiger partial charge in [0.15, 0.2) is 0 Å². The molecular formula is C12H18BrNOS. The molecule has 0 bridgehead atoms. The van der Waals surface area contributed by atoms with Gasteiger partial charge >= 0.3 is 0 Å². The fourth-order valence-corrected chi connectivity index (χ4v) is 3.86. The van der Waals surface area contributed by atoms with Crippen molar-refractivity contribution in [1.29, 1.82) is 0 Å². The summed E-state index contributed by atoms with van der Waals surface area (Å²) in [5.41, 5.74) is 0. The molecule has 2 atom stereocenters. The van der Waals surface area contributed by atoms with E-state index in [4.69, 9.17) is 4.42 Å². The maximum atomic E-state index is 5.62. The molecule has 2 rings (SSSR count). The van der Waals surface area contributed by atoms with E-state index in [-0.39, 0.29) is 0 Å². The molecule has 4 heteroatoms. The maximum absolute atomic E-state index is 5.62. The lowest BCUT2D eigenvalue weighted by Gasteiger charge is -2.22. The number of hydrogen-bond acceptors (Lipinski definition) is 3.